The van der Waals surface area contributed by atoms with Crippen LogP contribution >= 0.6 is 0 Å². The monoisotopic (exact) mass is 414 g/mol. The number of aryl methyl sites for hydroxylation is 4. The topological polar surface area (TPSA) is 86.8 Å². The highest BCUT2D eigenvalue weighted by atomic mass is 15.4. The van der Waals surface area contributed by atoms with E-state index in [0.717, 1.165) is 67.9 Å². The van der Waals surface area contributed by atoms with Crippen LogP contribution in [-0.2, 0) is 12.8 Å². The van der Waals surface area contributed by atoms with E-state index in [-0.39, 0.29) is 0 Å². The maximum Gasteiger partial charge on any atom is 0.176 e. The summed E-state index contributed by atoms with van der Waals surface area (Å²) in [5, 5.41) is 23.0. The summed E-state index contributed by atoms with van der Waals surface area (Å²) in [5.41, 5.74) is 5.13. The van der Waals surface area contributed by atoms with Crippen molar-refractivity contribution in [2.45, 2.75) is 39.5 Å². The third kappa shape index (κ3) is 3.72. The largest absolute Gasteiger partial charge is 0.352 e. The molecule has 3 aromatic rings. The van der Waals surface area contributed by atoms with Crippen LogP contribution in [0.15, 0.2) is 24.3 Å². The number of hydrogen-bond donors (Lipinski definition) is 0. The highest BCUT2D eigenvalue weighted by molar-refractivity contribution is 5.57. The molecule has 1 aliphatic carbocycles. The van der Waals surface area contributed by atoms with E-state index in [1.165, 1.54) is 24.1 Å². The van der Waals surface area contributed by atoms with Gasteiger partial charge in [0, 0.05) is 37.6 Å². The van der Waals surface area contributed by atoms with Gasteiger partial charge in [-0.1, -0.05) is 0 Å². The fourth-order valence-corrected chi connectivity index (χ4v) is 4.55. The van der Waals surface area contributed by atoms with Gasteiger partial charge in [-0.15, -0.1) is 10.2 Å². The normalized spacial score (nSPS) is 16.2. The van der Waals surface area contributed by atoms with Crippen molar-refractivity contribution in [1.29, 1.82) is 5.26 Å². The molecular formula is C23H26N8. The van der Waals surface area contributed by atoms with Gasteiger partial charge < -0.3 is 9.80 Å². The van der Waals surface area contributed by atoms with Gasteiger partial charge in [0.1, 0.15) is 11.9 Å². The molecule has 0 N–H and O–H groups in total. The van der Waals surface area contributed by atoms with Crippen molar-refractivity contribution in [2.75, 3.05) is 36.0 Å². The SMILES string of the molecule is Cc1cc(C)n(-c2ccc(N3CCN(c4nc5c(cc4C#N)CCCC5)CC3)nn2)n1. The molecule has 0 unspecified atom stereocenters. The van der Waals surface area contributed by atoms with Crippen LogP contribution in [0, 0.1) is 25.2 Å². The van der Waals surface area contributed by atoms with E-state index in [4.69, 9.17) is 4.98 Å². The Labute approximate surface area is 182 Å². The minimum atomic E-state index is 0.697. The number of nitrogens with zero attached hydrogens (tertiary/aromatic N) is 8. The van der Waals surface area contributed by atoms with Crippen molar-refractivity contribution in [1.82, 2.24) is 25.0 Å². The average Bonchev–Trinajstić information content (AvgIpc) is 3.16. The number of anilines is 2. The number of piperazine rings is 1. The van der Waals surface area contributed by atoms with Gasteiger partial charge in [-0.25, -0.2) is 9.67 Å². The van der Waals surface area contributed by atoms with E-state index in [2.05, 4.69) is 37.2 Å². The minimum absolute atomic E-state index is 0.697. The van der Waals surface area contributed by atoms with Gasteiger partial charge in [-0.05, 0) is 69.4 Å². The number of rotatable bonds is 3. The highest BCUT2D eigenvalue weighted by Gasteiger charge is 2.24. The van der Waals surface area contributed by atoms with Gasteiger partial charge in [-0.2, -0.15) is 10.4 Å². The van der Waals surface area contributed by atoms with Crippen LogP contribution in [0.2, 0.25) is 0 Å². The van der Waals surface area contributed by atoms with E-state index >= 15 is 0 Å². The molecule has 1 aliphatic heterocycles. The van der Waals surface area contributed by atoms with Crippen LogP contribution in [-0.4, -0.2) is 51.1 Å². The summed E-state index contributed by atoms with van der Waals surface area (Å²) in [7, 11) is 0. The fraction of sp³-hybridized carbons (Fsp3) is 0.435. The molecule has 5 rings (SSSR count). The van der Waals surface area contributed by atoms with Crippen LogP contribution in [0.5, 0.6) is 0 Å². The van der Waals surface area contributed by atoms with E-state index in [1.807, 2.05) is 36.7 Å². The number of hydrogen-bond acceptors (Lipinski definition) is 7. The van der Waals surface area contributed by atoms with E-state index < -0.39 is 0 Å². The first-order valence-corrected chi connectivity index (χ1v) is 10.9. The minimum Gasteiger partial charge on any atom is -0.352 e. The molecule has 8 heteroatoms. The predicted molar refractivity (Wildman–Crippen MR) is 119 cm³/mol. The molecule has 8 nitrogen and oxygen atoms in total. The van der Waals surface area contributed by atoms with Gasteiger partial charge >= 0.3 is 0 Å². The van der Waals surface area contributed by atoms with Crippen molar-refractivity contribution < 1.29 is 0 Å². The second kappa shape index (κ2) is 7.99. The maximum atomic E-state index is 9.67. The molecule has 31 heavy (non-hydrogen) atoms. The van der Waals surface area contributed by atoms with Crippen LogP contribution in [0.4, 0.5) is 11.6 Å². The van der Waals surface area contributed by atoms with Gasteiger partial charge in [0.15, 0.2) is 11.6 Å². The Kier molecular flexibility index (Phi) is 5.02. The molecule has 158 valence electrons. The first-order chi connectivity index (χ1) is 15.1. The molecular weight excluding hydrogens is 388 g/mol. The quantitative estimate of drug-likeness (QED) is 0.651. The van der Waals surface area contributed by atoms with Crippen molar-refractivity contribution in [3.63, 3.8) is 0 Å². The maximum absolute atomic E-state index is 9.67. The highest BCUT2D eigenvalue weighted by Crippen LogP contribution is 2.27. The lowest BCUT2D eigenvalue weighted by atomic mass is 9.95. The molecule has 0 radical (unpaired) electrons. The van der Waals surface area contributed by atoms with Crippen LogP contribution in [0.25, 0.3) is 5.82 Å². The lowest BCUT2D eigenvalue weighted by Crippen LogP contribution is -2.47. The molecule has 0 saturated carbocycles. The van der Waals surface area contributed by atoms with E-state index in [9.17, 15) is 5.26 Å². The Hall–Kier alpha value is -3.47. The molecule has 0 aromatic carbocycles. The Morgan fingerprint density at radius 1 is 0.903 bits per heavy atom. The zero-order chi connectivity index (χ0) is 21.4. The van der Waals surface area contributed by atoms with Crippen molar-refractivity contribution >= 4 is 11.6 Å². The lowest BCUT2D eigenvalue weighted by Gasteiger charge is -2.36. The lowest BCUT2D eigenvalue weighted by molar-refractivity contribution is 0.627. The molecule has 1 saturated heterocycles. The number of aromatic nitrogens is 5. The van der Waals surface area contributed by atoms with Crippen molar-refractivity contribution in [3.8, 4) is 11.9 Å². The first-order valence-electron chi connectivity index (χ1n) is 10.9. The number of pyridine rings is 1. The molecule has 1 fully saturated rings. The van der Waals surface area contributed by atoms with Gasteiger partial charge in [0.25, 0.3) is 0 Å². The summed E-state index contributed by atoms with van der Waals surface area (Å²) >= 11 is 0. The zero-order valence-corrected chi connectivity index (χ0v) is 18.0. The standard InChI is InChI=1S/C23H26N8/c1-16-13-17(2)31(28-16)22-8-7-21(26-27-22)29-9-11-30(12-10-29)23-19(15-24)14-18-5-3-4-6-20(18)25-23/h7-8,13-14H,3-6,9-12H2,1-2H3. The third-order valence-electron chi connectivity index (χ3n) is 6.17. The molecule has 4 heterocycles. The second-order valence-electron chi connectivity index (χ2n) is 8.35. The average molecular weight is 415 g/mol. The number of fused-ring (bicyclic) bond motifs is 1. The molecule has 3 aromatic heterocycles. The second-order valence-corrected chi connectivity index (χ2v) is 8.35. The van der Waals surface area contributed by atoms with Crippen molar-refractivity contribution in [2.24, 2.45) is 0 Å². The van der Waals surface area contributed by atoms with E-state index in [1.54, 1.807) is 0 Å². The fourth-order valence-electron chi connectivity index (χ4n) is 4.55. The van der Waals surface area contributed by atoms with Crippen LogP contribution in [0.3, 0.4) is 0 Å². The Balaban J connectivity index is 1.30. The van der Waals surface area contributed by atoms with Gasteiger partial charge in [0.05, 0.1) is 11.3 Å². The van der Waals surface area contributed by atoms with Crippen molar-refractivity contribution in [3.05, 3.63) is 52.5 Å². The Bertz CT molecular complexity index is 1130. The smallest absolute Gasteiger partial charge is 0.176 e. The summed E-state index contributed by atoms with van der Waals surface area (Å²) in [6.45, 7) is 7.23. The molecule has 0 amide bonds. The summed E-state index contributed by atoms with van der Waals surface area (Å²) in [6, 6.07) is 10.4. The van der Waals surface area contributed by atoms with Gasteiger partial charge in [0.2, 0.25) is 0 Å². The summed E-state index contributed by atoms with van der Waals surface area (Å²) in [5.74, 6) is 2.43. The Morgan fingerprint density at radius 2 is 1.61 bits per heavy atom. The third-order valence-corrected chi connectivity index (χ3v) is 6.17. The first kappa shape index (κ1) is 19.5. The summed E-state index contributed by atoms with van der Waals surface area (Å²) in [6.07, 6.45) is 4.44. The Morgan fingerprint density at radius 3 is 2.29 bits per heavy atom. The summed E-state index contributed by atoms with van der Waals surface area (Å²) in [4.78, 5) is 9.38. The summed E-state index contributed by atoms with van der Waals surface area (Å²) < 4.78 is 1.81. The molecule has 2 aliphatic rings. The van der Waals surface area contributed by atoms with Crippen LogP contribution in [0.1, 0.15) is 41.1 Å². The molecule has 0 atom stereocenters. The molecule has 0 bridgehead atoms. The predicted octanol–water partition coefficient (Wildman–Crippen LogP) is 2.75. The zero-order valence-electron chi connectivity index (χ0n) is 18.0. The van der Waals surface area contributed by atoms with Gasteiger partial charge in [-0.3, -0.25) is 0 Å². The number of nitriles is 1. The van der Waals surface area contributed by atoms with Crippen LogP contribution < -0.4 is 9.80 Å². The van der Waals surface area contributed by atoms with E-state index in [0.29, 0.717) is 5.56 Å². The molecule has 0 spiro atoms.